The largest absolute Gasteiger partial charge is 0.481 e. The first-order valence-electron chi connectivity index (χ1n) is 4.87. The summed E-state index contributed by atoms with van der Waals surface area (Å²) in [6.45, 7) is 1.43. The molecule has 0 aromatic carbocycles. The molecule has 1 amide bonds. The number of carboxylic acid groups (broad SMARTS) is 1. The summed E-state index contributed by atoms with van der Waals surface area (Å²) in [4.78, 5) is 23.6. The van der Waals surface area contributed by atoms with Crippen LogP contribution >= 0.6 is 0 Å². The Kier molecular flexibility index (Phi) is 3.88. The maximum atomic E-state index is 11.6. The molecule has 0 spiro atoms. The van der Waals surface area contributed by atoms with Crippen molar-refractivity contribution in [2.24, 2.45) is 5.73 Å². The van der Waals surface area contributed by atoms with Gasteiger partial charge in [0.05, 0.1) is 12.5 Å². The maximum Gasteiger partial charge on any atom is 0.305 e. The molecule has 0 bridgehead atoms. The minimum Gasteiger partial charge on any atom is -0.481 e. The third-order valence-electron chi connectivity index (χ3n) is 2.38. The fraction of sp³-hybridized carbons (Fsp3) is 0.778. The second-order valence-electron chi connectivity index (χ2n) is 3.59. The summed E-state index contributed by atoms with van der Waals surface area (Å²) >= 11 is 0. The number of carbonyl (C=O) groups excluding carboxylic acids is 1. The van der Waals surface area contributed by atoms with Crippen LogP contribution in [0.4, 0.5) is 0 Å². The molecule has 1 saturated heterocycles. The second kappa shape index (κ2) is 4.95. The standard InChI is InChI=1S/C9H16N2O3/c10-7(6-8(12)13)9(14)11-4-2-1-3-5-11/h7H,1-6,10H2,(H,12,13)/t7-/m0/s1. The number of carboxylic acids is 1. The SMILES string of the molecule is N[C@@H](CC(=O)O)C(=O)N1CCCCC1. The van der Waals surface area contributed by atoms with Crippen LogP contribution in [0.1, 0.15) is 25.7 Å². The quantitative estimate of drug-likeness (QED) is 0.661. The molecule has 1 rings (SSSR count). The van der Waals surface area contributed by atoms with Crippen LogP contribution in [0.15, 0.2) is 0 Å². The first-order valence-corrected chi connectivity index (χ1v) is 4.87. The van der Waals surface area contributed by atoms with Crippen LogP contribution < -0.4 is 5.73 Å². The fourth-order valence-corrected chi connectivity index (χ4v) is 1.62. The first-order chi connectivity index (χ1) is 6.61. The highest BCUT2D eigenvalue weighted by molar-refractivity contribution is 5.86. The number of nitrogens with two attached hydrogens (primary N) is 1. The lowest BCUT2D eigenvalue weighted by Crippen LogP contribution is -2.46. The minimum atomic E-state index is -1.03. The Morgan fingerprint density at radius 3 is 2.36 bits per heavy atom. The smallest absolute Gasteiger partial charge is 0.305 e. The minimum absolute atomic E-state index is 0.230. The van der Waals surface area contributed by atoms with Gasteiger partial charge in [0.2, 0.25) is 5.91 Å². The zero-order valence-electron chi connectivity index (χ0n) is 8.11. The Morgan fingerprint density at radius 2 is 1.86 bits per heavy atom. The lowest BCUT2D eigenvalue weighted by atomic mass is 10.1. The van der Waals surface area contributed by atoms with Gasteiger partial charge in [0.25, 0.3) is 0 Å². The molecule has 0 radical (unpaired) electrons. The summed E-state index contributed by atoms with van der Waals surface area (Å²) in [7, 11) is 0. The summed E-state index contributed by atoms with van der Waals surface area (Å²) in [6, 6.07) is -0.884. The highest BCUT2D eigenvalue weighted by Gasteiger charge is 2.23. The summed E-state index contributed by atoms with van der Waals surface area (Å²) in [5.41, 5.74) is 5.48. The van der Waals surface area contributed by atoms with Crippen molar-refractivity contribution in [3.8, 4) is 0 Å². The van der Waals surface area contributed by atoms with Gasteiger partial charge in [-0.05, 0) is 19.3 Å². The molecule has 14 heavy (non-hydrogen) atoms. The first kappa shape index (κ1) is 11.0. The Balaban J connectivity index is 2.42. The monoisotopic (exact) mass is 200 g/mol. The van der Waals surface area contributed by atoms with E-state index in [2.05, 4.69) is 0 Å². The van der Waals surface area contributed by atoms with Gasteiger partial charge < -0.3 is 15.7 Å². The van der Waals surface area contributed by atoms with E-state index in [9.17, 15) is 9.59 Å². The molecule has 1 aliphatic rings. The number of amides is 1. The predicted molar refractivity (Wildman–Crippen MR) is 50.7 cm³/mol. The van der Waals surface area contributed by atoms with Gasteiger partial charge in [0.1, 0.15) is 0 Å². The number of hydrogen-bond acceptors (Lipinski definition) is 3. The predicted octanol–water partition coefficient (Wildman–Crippen LogP) is -0.199. The van der Waals surface area contributed by atoms with Crippen molar-refractivity contribution in [2.75, 3.05) is 13.1 Å². The third-order valence-corrected chi connectivity index (χ3v) is 2.38. The van der Waals surface area contributed by atoms with Crippen molar-refractivity contribution in [1.29, 1.82) is 0 Å². The van der Waals surface area contributed by atoms with Crippen LogP contribution in [-0.4, -0.2) is 41.0 Å². The van der Waals surface area contributed by atoms with E-state index in [4.69, 9.17) is 10.8 Å². The number of piperidine rings is 1. The molecule has 0 saturated carbocycles. The normalized spacial score (nSPS) is 19.1. The molecule has 1 heterocycles. The van der Waals surface area contributed by atoms with Crippen LogP contribution in [0.25, 0.3) is 0 Å². The highest BCUT2D eigenvalue weighted by atomic mass is 16.4. The number of nitrogens with zero attached hydrogens (tertiary/aromatic N) is 1. The molecule has 0 aromatic heterocycles. The van der Waals surface area contributed by atoms with E-state index in [1.54, 1.807) is 4.90 Å². The van der Waals surface area contributed by atoms with E-state index in [1.807, 2.05) is 0 Å². The molecule has 5 nitrogen and oxygen atoms in total. The summed E-state index contributed by atoms with van der Waals surface area (Å²) in [6.07, 6.45) is 2.84. The molecule has 1 fully saturated rings. The third kappa shape index (κ3) is 2.99. The van der Waals surface area contributed by atoms with E-state index in [0.717, 1.165) is 19.3 Å². The zero-order valence-corrected chi connectivity index (χ0v) is 8.11. The van der Waals surface area contributed by atoms with E-state index in [0.29, 0.717) is 13.1 Å². The zero-order chi connectivity index (χ0) is 10.6. The van der Waals surface area contributed by atoms with Gasteiger partial charge in [-0.15, -0.1) is 0 Å². The molecular weight excluding hydrogens is 184 g/mol. The fourth-order valence-electron chi connectivity index (χ4n) is 1.62. The van der Waals surface area contributed by atoms with Gasteiger partial charge in [-0.3, -0.25) is 9.59 Å². The molecular formula is C9H16N2O3. The Bertz CT molecular complexity index is 224. The summed E-state index contributed by atoms with van der Waals surface area (Å²) in [5.74, 6) is -1.25. The average molecular weight is 200 g/mol. The summed E-state index contributed by atoms with van der Waals surface area (Å²) < 4.78 is 0. The molecule has 1 atom stereocenters. The number of rotatable bonds is 3. The van der Waals surface area contributed by atoms with Gasteiger partial charge in [-0.1, -0.05) is 0 Å². The Labute approximate surface area is 82.9 Å². The molecule has 0 aromatic rings. The van der Waals surface area contributed by atoms with Gasteiger partial charge in [0.15, 0.2) is 0 Å². The van der Waals surface area contributed by atoms with Crippen LogP contribution in [-0.2, 0) is 9.59 Å². The van der Waals surface area contributed by atoms with Gasteiger partial charge in [-0.25, -0.2) is 0 Å². The van der Waals surface area contributed by atoms with E-state index < -0.39 is 12.0 Å². The van der Waals surface area contributed by atoms with E-state index in [1.165, 1.54) is 0 Å². The molecule has 0 aliphatic carbocycles. The topological polar surface area (TPSA) is 83.6 Å². The van der Waals surface area contributed by atoms with Crippen molar-refractivity contribution in [3.63, 3.8) is 0 Å². The molecule has 3 N–H and O–H groups in total. The Hall–Kier alpha value is -1.10. The van der Waals surface area contributed by atoms with Crippen LogP contribution in [0.5, 0.6) is 0 Å². The molecule has 5 heteroatoms. The Morgan fingerprint density at radius 1 is 1.29 bits per heavy atom. The second-order valence-corrected chi connectivity index (χ2v) is 3.59. The van der Waals surface area contributed by atoms with Gasteiger partial charge in [0, 0.05) is 13.1 Å². The number of hydrogen-bond donors (Lipinski definition) is 2. The number of carbonyl (C=O) groups is 2. The molecule has 80 valence electrons. The van der Waals surface area contributed by atoms with Crippen molar-refractivity contribution in [1.82, 2.24) is 4.90 Å². The van der Waals surface area contributed by atoms with Crippen molar-refractivity contribution in [2.45, 2.75) is 31.7 Å². The molecule has 1 aliphatic heterocycles. The highest BCUT2D eigenvalue weighted by Crippen LogP contribution is 2.10. The van der Waals surface area contributed by atoms with E-state index >= 15 is 0 Å². The van der Waals surface area contributed by atoms with Crippen LogP contribution in [0.2, 0.25) is 0 Å². The number of likely N-dealkylation sites (tertiary alicyclic amines) is 1. The van der Waals surface area contributed by atoms with Crippen LogP contribution in [0.3, 0.4) is 0 Å². The van der Waals surface area contributed by atoms with Crippen molar-refractivity contribution >= 4 is 11.9 Å². The van der Waals surface area contributed by atoms with Crippen LogP contribution in [0, 0.1) is 0 Å². The van der Waals surface area contributed by atoms with Crippen molar-refractivity contribution in [3.05, 3.63) is 0 Å². The lowest BCUT2D eigenvalue weighted by Gasteiger charge is -2.28. The lowest BCUT2D eigenvalue weighted by molar-refractivity contribution is -0.142. The van der Waals surface area contributed by atoms with Gasteiger partial charge >= 0.3 is 5.97 Å². The number of aliphatic carboxylic acids is 1. The van der Waals surface area contributed by atoms with Gasteiger partial charge in [-0.2, -0.15) is 0 Å². The maximum absolute atomic E-state index is 11.6. The average Bonchev–Trinajstić information content (AvgIpc) is 2.17. The molecule has 0 unspecified atom stereocenters. The van der Waals surface area contributed by atoms with Crippen molar-refractivity contribution < 1.29 is 14.7 Å². The van der Waals surface area contributed by atoms with E-state index in [-0.39, 0.29) is 12.3 Å². The summed E-state index contributed by atoms with van der Waals surface area (Å²) in [5, 5.41) is 8.48.